The Bertz CT molecular complexity index is 983. The van der Waals surface area contributed by atoms with Crippen LogP contribution in [-0.2, 0) is 0 Å². The van der Waals surface area contributed by atoms with Crippen molar-refractivity contribution >= 4 is 31.9 Å². The van der Waals surface area contributed by atoms with Gasteiger partial charge in [0.1, 0.15) is 18.0 Å². The number of aromatic nitrogens is 2. The van der Waals surface area contributed by atoms with Crippen LogP contribution < -0.4 is 0 Å². The predicted octanol–water partition coefficient (Wildman–Crippen LogP) is 5.27. The molecule has 0 aliphatic heterocycles. The topological polar surface area (TPSA) is 65.4 Å². The van der Waals surface area contributed by atoms with Gasteiger partial charge in [-0.2, -0.15) is 10.5 Å². The van der Waals surface area contributed by atoms with E-state index in [2.05, 4.69) is 42.9 Å². The minimum Gasteiger partial charge on any atom is -0.305 e. The van der Waals surface area contributed by atoms with Crippen LogP contribution in [0, 0.1) is 35.4 Å². The number of hydrogen-bond acceptors (Lipinski definition) is 3. The van der Waals surface area contributed by atoms with Crippen LogP contribution in [0.4, 0.5) is 4.39 Å². The van der Waals surface area contributed by atoms with Crippen molar-refractivity contribution in [1.29, 1.82) is 10.5 Å². The number of nitrogens with zero attached hydrogens (tertiary/aromatic N) is 4. The number of benzene rings is 2. The Labute approximate surface area is 161 Å². The molecule has 25 heavy (non-hydrogen) atoms. The van der Waals surface area contributed by atoms with Crippen molar-refractivity contribution in [3.8, 4) is 17.8 Å². The van der Waals surface area contributed by atoms with E-state index in [1.54, 1.807) is 24.5 Å². The van der Waals surface area contributed by atoms with Gasteiger partial charge in [-0.1, -0.05) is 31.9 Å². The molecule has 0 unspecified atom stereocenters. The Hall–Kier alpha value is -2.48. The number of rotatable bonds is 1. The van der Waals surface area contributed by atoms with Gasteiger partial charge in [-0.3, -0.25) is 0 Å². The lowest BCUT2D eigenvalue weighted by Gasteiger charge is -2.04. The largest absolute Gasteiger partial charge is 0.305 e. The van der Waals surface area contributed by atoms with Crippen LogP contribution in [-0.4, -0.2) is 9.55 Å². The van der Waals surface area contributed by atoms with Gasteiger partial charge in [-0.05, 0) is 43.3 Å². The molecular formula is C18H11Br2FN4. The molecule has 1 heterocycles. The first-order chi connectivity index (χ1) is 11.9. The van der Waals surface area contributed by atoms with Crippen molar-refractivity contribution in [3.63, 3.8) is 0 Å². The van der Waals surface area contributed by atoms with Crippen molar-refractivity contribution in [2.75, 3.05) is 0 Å². The second-order valence-electron chi connectivity index (χ2n) is 4.93. The maximum absolute atomic E-state index is 12.5. The first-order valence-electron chi connectivity index (χ1n) is 7.00. The van der Waals surface area contributed by atoms with E-state index in [1.165, 1.54) is 12.1 Å². The van der Waals surface area contributed by atoms with Gasteiger partial charge in [0.25, 0.3) is 0 Å². The second-order valence-corrected chi connectivity index (χ2v) is 6.76. The van der Waals surface area contributed by atoms with Crippen LogP contribution in [0.15, 0.2) is 57.9 Å². The Morgan fingerprint density at radius 3 is 2.12 bits per heavy atom. The summed E-state index contributed by atoms with van der Waals surface area (Å²) < 4.78 is 16.0. The lowest BCUT2D eigenvalue weighted by molar-refractivity contribution is 0.623. The minimum absolute atomic E-state index is 0.0642. The van der Waals surface area contributed by atoms with Crippen LogP contribution >= 0.6 is 31.9 Å². The van der Waals surface area contributed by atoms with Crippen LogP contribution in [0.1, 0.15) is 16.8 Å². The van der Waals surface area contributed by atoms with E-state index in [1.807, 2.05) is 29.8 Å². The first-order valence-corrected chi connectivity index (χ1v) is 8.59. The van der Waals surface area contributed by atoms with Gasteiger partial charge in [0.15, 0.2) is 0 Å². The summed E-state index contributed by atoms with van der Waals surface area (Å²) in [4.78, 5) is 4.13. The van der Waals surface area contributed by atoms with Gasteiger partial charge in [0.2, 0.25) is 0 Å². The van der Waals surface area contributed by atoms with E-state index >= 15 is 0 Å². The molecule has 0 radical (unpaired) electrons. The van der Waals surface area contributed by atoms with E-state index < -0.39 is 5.82 Å². The average Bonchev–Trinajstić information content (AvgIpc) is 3.03. The number of aryl methyl sites for hydroxylation is 1. The normalized spacial score (nSPS) is 9.52. The monoisotopic (exact) mass is 460 g/mol. The van der Waals surface area contributed by atoms with Gasteiger partial charge in [0.05, 0.1) is 28.8 Å². The molecule has 124 valence electrons. The standard InChI is InChI=1S/C11H8BrN3.C7H3BrFN/c1-8-6-15(7-14-8)11-3-2-10(12)4-9(11)5-13;8-6-1-2-7(9)5(3-6)4-10/h2-4,6-7H,1H3;1-3H. The lowest BCUT2D eigenvalue weighted by atomic mass is 10.2. The summed E-state index contributed by atoms with van der Waals surface area (Å²) in [5.41, 5.74) is 2.47. The molecule has 0 N–H and O–H groups in total. The summed E-state index contributed by atoms with van der Waals surface area (Å²) in [6.45, 7) is 1.92. The fraction of sp³-hybridized carbons (Fsp3) is 0.0556. The smallest absolute Gasteiger partial charge is 0.141 e. The van der Waals surface area contributed by atoms with E-state index in [0.717, 1.165) is 15.9 Å². The molecule has 0 aliphatic rings. The van der Waals surface area contributed by atoms with Gasteiger partial charge in [-0.25, -0.2) is 9.37 Å². The van der Waals surface area contributed by atoms with Gasteiger partial charge in [0, 0.05) is 15.1 Å². The van der Waals surface area contributed by atoms with Crippen molar-refractivity contribution < 1.29 is 4.39 Å². The van der Waals surface area contributed by atoms with E-state index in [4.69, 9.17) is 10.5 Å². The molecule has 2 aromatic carbocycles. The summed E-state index contributed by atoms with van der Waals surface area (Å²) in [6.07, 6.45) is 3.60. The van der Waals surface area contributed by atoms with Crippen LogP contribution in [0.2, 0.25) is 0 Å². The Kier molecular flexibility index (Phi) is 6.46. The first kappa shape index (κ1) is 18.9. The quantitative estimate of drug-likeness (QED) is 0.495. The molecule has 4 nitrogen and oxygen atoms in total. The Morgan fingerprint density at radius 1 is 1.00 bits per heavy atom. The molecule has 0 spiro atoms. The van der Waals surface area contributed by atoms with Crippen molar-refractivity contribution in [2.45, 2.75) is 6.92 Å². The van der Waals surface area contributed by atoms with Gasteiger partial charge in [-0.15, -0.1) is 0 Å². The highest BCUT2D eigenvalue weighted by atomic mass is 79.9. The molecule has 0 atom stereocenters. The molecule has 0 saturated heterocycles. The van der Waals surface area contributed by atoms with Gasteiger partial charge >= 0.3 is 0 Å². The van der Waals surface area contributed by atoms with E-state index in [0.29, 0.717) is 10.0 Å². The zero-order valence-electron chi connectivity index (χ0n) is 13.0. The van der Waals surface area contributed by atoms with Crippen LogP contribution in [0.3, 0.4) is 0 Å². The highest BCUT2D eigenvalue weighted by Crippen LogP contribution is 2.19. The molecule has 0 bridgehead atoms. The highest BCUT2D eigenvalue weighted by Gasteiger charge is 2.05. The Morgan fingerprint density at radius 2 is 1.60 bits per heavy atom. The number of halogens is 3. The number of hydrogen-bond donors (Lipinski definition) is 0. The third-order valence-corrected chi connectivity index (χ3v) is 4.10. The molecule has 0 saturated carbocycles. The fourth-order valence-electron chi connectivity index (χ4n) is 1.96. The van der Waals surface area contributed by atoms with E-state index in [-0.39, 0.29) is 5.56 Å². The molecule has 7 heteroatoms. The Balaban J connectivity index is 0.000000196. The predicted molar refractivity (Wildman–Crippen MR) is 99.5 cm³/mol. The highest BCUT2D eigenvalue weighted by molar-refractivity contribution is 9.10. The maximum atomic E-state index is 12.5. The van der Waals surface area contributed by atoms with Crippen LogP contribution in [0.25, 0.3) is 5.69 Å². The SMILES string of the molecule is Cc1cn(-c2ccc(Br)cc2C#N)cn1.N#Cc1cc(Br)ccc1F. The van der Waals surface area contributed by atoms with Gasteiger partial charge < -0.3 is 4.57 Å². The molecule has 3 aromatic rings. The van der Waals surface area contributed by atoms with Crippen molar-refractivity contribution in [1.82, 2.24) is 9.55 Å². The summed E-state index contributed by atoms with van der Waals surface area (Å²) in [6, 6.07) is 13.7. The minimum atomic E-state index is -0.481. The zero-order chi connectivity index (χ0) is 18.4. The molecule has 0 fully saturated rings. The second kappa shape index (κ2) is 8.57. The third kappa shape index (κ3) is 4.99. The molecule has 0 amide bonds. The summed E-state index contributed by atoms with van der Waals surface area (Å²) in [5, 5.41) is 17.3. The number of nitriles is 2. The third-order valence-electron chi connectivity index (χ3n) is 3.12. The number of imidazole rings is 1. The molecule has 3 rings (SSSR count). The fourth-order valence-corrected chi connectivity index (χ4v) is 2.68. The zero-order valence-corrected chi connectivity index (χ0v) is 16.2. The van der Waals surface area contributed by atoms with Crippen molar-refractivity contribution in [3.05, 3.63) is 80.5 Å². The summed E-state index contributed by atoms with van der Waals surface area (Å²) >= 11 is 6.46. The molecule has 0 aliphatic carbocycles. The van der Waals surface area contributed by atoms with Crippen LogP contribution in [0.5, 0.6) is 0 Å². The molecular weight excluding hydrogens is 451 g/mol. The average molecular weight is 462 g/mol. The summed E-state index contributed by atoms with van der Waals surface area (Å²) in [7, 11) is 0. The summed E-state index contributed by atoms with van der Waals surface area (Å²) in [5.74, 6) is -0.481. The van der Waals surface area contributed by atoms with Crippen molar-refractivity contribution in [2.24, 2.45) is 0 Å². The van der Waals surface area contributed by atoms with E-state index in [9.17, 15) is 4.39 Å². The molecule has 1 aromatic heterocycles. The lowest BCUT2D eigenvalue weighted by Crippen LogP contribution is -1.94. The maximum Gasteiger partial charge on any atom is 0.141 e.